The zero-order valence-electron chi connectivity index (χ0n) is 19.3. The molecule has 182 valence electrons. The van der Waals surface area contributed by atoms with Crippen LogP contribution in [0, 0.1) is 6.92 Å². The lowest BCUT2D eigenvalue weighted by atomic mass is 10.2. The molecule has 0 bridgehead atoms. The highest BCUT2D eigenvalue weighted by atomic mass is 32.2. The molecule has 0 saturated heterocycles. The number of anilines is 2. The van der Waals surface area contributed by atoms with E-state index in [0.717, 1.165) is 5.56 Å². The molecule has 9 nitrogen and oxygen atoms in total. The monoisotopic (exact) mass is 495 g/mol. The van der Waals surface area contributed by atoms with Crippen LogP contribution in [-0.4, -0.2) is 38.1 Å². The van der Waals surface area contributed by atoms with Crippen LogP contribution in [0.1, 0.15) is 30.2 Å². The highest BCUT2D eigenvalue weighted by Crippen LogP contribution is 2.32. The molecule has 2 aromatic carbocycles. The molecule has 1 aliphatic heterocycles. The molecule has 2 heterocycles. The average Bonchev–Trinajstić information content (AvgIpc) is 3.47. The van der Waals surface area contributed by atoms with Gasteiger partial charge in [0.05, 0.1) is 10.6 Å². The number of para-hydroxylation sites is 1. The predicted octanol–water partition coefficient (Wildman–Crippen LogP) is 3.71. The number of aryl methyl sites for hydroxylation is 1. The number of esters is 1. The summed E-state index contributed by atoms with van der Waals surface area (Å²) in [5, 5.41) is 6.22. The molecule has 1 aliphatic rings. The second kappa shape index (κ2) is 10.1. The first-order chi connectivity index (χ1) is 16.8. The number of hydrogen-bond donors (Lipinski definition) is 1. The van der Waals surface area contributed by atoms with Gasteiger partial charge in [-0.1, -0.05) is 42.4 Å². The van der Waals surface area contributed by atoms with Crippen molar-refractivity contribution in [2.24, 2.45) is 0 Å². The third kappa shape index (κ3) is 5.43. The predicted molar refractivity (Wildman–Crippen MR) is 130 cm³/mol. The summed E-state index contributed by atoms with van der Waals surface area (Å²) in [7, 11) is -3.69. The third-order valence-electron chi connectivity index (χ3n) is 5.53. The number of nitrogens with one attached hydrogen (secondary N) is 1. The summed E-state index contributed by atoms with van der Waals surface area (Å²) in [6.45, 7) is 3.81. The van der Waals surface area contributed by atoms with Gasteiger partial charge in [-0.05, 0) is 55.2 Å². The number of nitrogens with zero attached hydrogens (tertiary/aromatic N) is 2. The Hall–Kier alpha value is -3.92. The van der Waals surface area contributed by atoms with Gasteiger partial charge in [0.2, 0.25) is 0 Å². The van der Waals surface area contributed by atoms with Gasteiger partial charge in [-0.2, -0.15) is 0 Å². The topological polar surface area (TPSA) is 119 Å². The number of sulfonamides is 1. The Morgan fingerprint density at radius 3 is 2.63 bits per heavy atom. The summed E-state index contributed by atoms with van der Waals surface area (Å²) in [4.78, 5) is 24.7. The lowest BCUT2D eigenvalue weighted by Crippen LogP contribution is -2.31. The van der Waals surface area contributed by atoms with E-state index in [-0.39, 0.29) is 17.1 Å². The van der Waals surface area contributed by atoms with Crippen molar-refractivity contribution in [3.05, 3.63) is 77.6 Å². The van der Waals surface area contributed by atoms with Crippen molar-refractivity contribution in [3.8, 4) is 0 Å². The minimum absolute atomic E-state index is 0.166. The van der Waals surface area contributed by atoms with Crippen LogP contribution in [0.25, 0.3) is 6.08 Å². The van der Waals surface area contributed by atoms with E-state index in [4.69, 9.17) is 9.26 Å². The van der Waals surface area contributed by atoms with Crippen molar-refractivity contribution in [3.63, 3.8) is 0 Å². The highest BCUT2D eigenvalue weighted by molar-refractivity contribution is 7.92. The van der Waals surface area contributed by atoms with Crippen molar-refractivity contribution in [1.29, 1.82) is 0 Å². The lowest BCUT2D eigenvalue weighted by Gasteiger charge is -2.19. The summed E-state index contributed by atoms with van der Waals surface area (Å²) in [5.74, 6) is -0.434. The van der Waals surface area contributed by atoms with Crippen LogP contribution >= 0.6 is 0 Å². The fourth-order valence-corrected chi connectivity index (χ4v) is 5.24. The number of aromatic nitrogens is 1. The minimum atomic E-state index is -3.69. The average molecular weight is 496 g/mol. The van der Waals surface area contributed by atoms with Crippen LogP contribution in [0.5, 0.6) is 0 Å². The molecule has 0 fully saturated rings. The molecule has 0 spiro atoms. The van der Waals surface area contributed by atoms with Crippen LogP contribution in [0.15, 0.2) is 70.1 Å². The zero-order valence-corrected chi connectivity index (χ0v) is 20.1. The first-order valence-corrected chi connectivity index (χ1v) is 12.6. The van der Waals surface area contributed by atoms with Crippen molar-refractivity contribution in [1.82, 2.24) is 5.16 Å². The third-order valence-corrected chi connectivity index (χ3v) is 7.35. The second-order valence-electron chi connectivity index (χ2n) is 8.00. The van der Waals surface area contributed by atoms with Gasteiger partial charge in [-0.25, -0.2) is 13.2 Å². The molecule has 0 radical (unpaired) electrons. The SMILES string of the molecule is CCC(OC(=O)/C=C/c1ccc(S(=O)(=O)N2CCc3ccccc32)cc1)C(=O)Nc1cc(C)on1. The summed E-state index contributed by atoms with van der Waals surface area (Å²) in [6, 6.07) is 15.2. The largest absolute Gasteiger partial charge is 0.449 e. The lowest BCUT2D eigenvalue weighted by molar-refractivity contribution is -0.149. The van der Waals surface area contributed by atoms with E-state index in [1.165, 1.54) is 28.6 Å². The van der Waals surface area contributed by atoms with Gasteiger partial charge in [0.25, 0.3) is 15.9 Å². The van der Waals surface area contributed by atoms with Crippen molar-refractivity contribution >= 4 is 39.5 Å². The first kappa shape index (κ1) is 24.2. The van der Waals surface area contributed by atoms with E-state index in [0.29, 0.717) is 30.0 Å². The maximum atomic E-state index is 13.1. The number of rotatable bonds is 8. The molecule has 0 saturated carbocycles. The normalized spacial score (nSPS) is 14.1. The van der Waals surface area contributed by atoms with Crippen LogP contribution < -0.4 is 9.62 Å². The minimum Gasteiger partial charge on any atom is -0.449 e. The number of benzene rings is 2. The molecule has 4 rings (SSSR count). The van der Waals surface area contributed by atoms with Crippen molar-refractivity contribution in [2.75, 3.05) is 16.2 Å². The first-order valence-electron chi connectivity index (χ1n) is 11.1. The number of hydrogen-bond acceptors (Lipinski definition) is 7. The van der Waals surface area contributed by atoms with Gasteiger partial charge in [0.1, 0.15) is 5.76 Å². The molecule has 3 aromatic rings. The van der Waals surface area contributed by atoms with Crippen molar-refractivity contribution in [2.45, 2.75) is 37.7 Å². The maximum Gasteiger partial charge on any atom is 0.331 e. The fraction of sp³-hybridized carbons (Fsp3) is 0.240. The molecular weight excluding hydrogens is 470 g/mol. The maximum absolute atomic E-state index is 13.1. The van der Waals surface area contributed by atoms with Gasteiger partial charge in [0.15, 0.2) is 11.9 Å². The summed E-state index contributed by atoms with van der Waals surface area (Å²) in [6.07, 6.45) is 2.63. The summed E-state index contributed by atoms with van der Waals surface area (Å²) in [5.41, 5.74) is 2.31. The molecule has 1 N–H and O–H groups in total. The fourth-order valence-electron chi connectivity index (χ4n) is 3.73. The molecule has 0 aliphatic carbocycles. The van der Waals surface area contributed by atoms with Gasteiger partial charge < -0.3 is 14.6 Å². The van der Waals surface area contributed by atoms with Gasteiger partial charge in [0, 0.05) is 18.7 Å². The van der Waals surface area contributed by atoms with Gasteiger partial charge >= 0.3 is 5.97 Å². The van der Waals surface area contributed by atoms with Crippen LogP contribution in [0.2, 0.25) is 0 Å². The molecule has 1 unspecified atom stereocenters. The standard InChI is InChI=1S/C25H25N3O6S/c1-3-22(25(30)26-23-16-17(2)34-27-23)33-24(29)13-10-18-8-11-20(12-9-18)35(31,32)28-15-14-19-6-4-5-7-21(19)28/h4-13,16,22H,3,14-15H2,1-2H3,(H,26,27,30)/b13-10+. The Kier molecular flexibility index (Phi) is 7.02. The van der Waals surface area contributed by atoms with E-state index < -0.39 is 28.0 Å². The molecule has 1 amide bonds. The Labute approximate surface area is 203 Å². The van der Waals surface area contributed by atoms with E-state index >= 15 is 0 Å². The summed E-state index contributed by atoms with van der Waals surface area (Å²) < 4.78 is 37.8. The Morgan fingerprint density at radius 1 is 1.20 bits per heavy atom. The number of ether oxygens (including phenoxy) is 1. The summed E-state index contributed by atoms with van der Waals surface area (Å²) >= 11 is 0. The van der Waals surface area contributed by atoms with E-state index in [2.05, 4.69) is 10.5 Å². The second-order valence-corrected chi connectivity index (χ2v) is 9.87. The Morgan fingerprint density at radius 2 is 1.94 bits per heavy atom. The van der Waals surface area contributed by atoms with Crippen LogP contribution in [0.3, 0.4) is 0 Å². The molecule has 10 heteroatoms. The zero-order chi connectivity index (χ0) is 25.0. The smallest absolute Gasteiger partial charge is 0.331 e. The molecular formula is C25H25N3O6S. The molecule has 1 aromatic heterocycles. The van der Waals surface area contributed by atoms with E-state index in [1.807, 2.05) is 18.2 Å². The quantitative estimate of drug-likeness (QED) is 0.374. The highest BCUT2D eigenvalue weighted by Gasteiger charge is 2.30. The van der Waals surface area contributed by atoms with E-state index in [1.54, 1.807) is 38.1 Å². The van der Waals surface area contributed by atoms with Gasteiger partial charge in [-0.3, -0.25) is 9.10 Å². The molecule has 1 atom stereocenters. The number of carbonyl (C=O) groups excluding carboxylic acids is 2. The number of amides is 1. The van der Waals surface area contributed by atoms with E-state index in [9.17, 15) is 18.0 Å². The van der Waals surface area contributed by atoms with Crippen molar-refractivity contribution < 1.29 is 27.3 Å². The number of carbonyl (C=O) groups is 2. The number of fused-ring (bicyclic) bond motifs is 1. The van der Waals surface area contributed by atoms with Gasteiger partial charge in [-0.15, -0.1) is 0 Å². The van der Waals surface area contributed by atoms with Crippen LogP contribution in [0.4, 0.5) is 11.5 Å². The Balaban J connectivity index is 1.38. The Bertz CT molecular complexity index is 1360. The molecule has 35 heavy (non-hydrogen) atoms. The van der Waals surface area contributed by atoms with Crippen LogP contribution in [-0.2, 0) is 30.8 Å².